The van der Waals surface area contributed by atoms with Crippen molar-refractivity contribution in [3.63, 3.8) is 0 Å². The lowest BCUT2D eigenvalue weighted by Crippen LogP contribution is -2.60. The molecule has 7 heteroatoms. The van der Waals surface area contributed by atoms with Gasteiger partial charge in [0.25, 0.3) is 0 Å². The van der Waals surface area contributed by atoms with Crippen LogP contribution in [-0.4, -0.2) is 41.3 Å². The van der Waals surface area contributed by atoms with Gasteiger partial charge in [-0.05, 0) is 42.0 Å². The zero-order valence-corrected chi connectivity index (χ0v) is 19.8. The van der Waals surface area contributed by atoms with Crippen LogP contribution >= 0.6 is 0 Å². The summed E-state index contributed by atoms with van der Waals surface area (Å²) in [4.78, 5) is 37.7. The van der Waals surface area contributed by atoms with Gasteiger partial charge in [0.2, 0.25) is 5.91 Å². The normalized spacial score (nSPS) is 16.6. The molecule has 1 saturated carbocycles. The lowest BCUT2D eigenvalue weighted by Gasteiger charge is -2.35. The molecule has 0 aliphatic heterocycles. The molecule has 2 amide bonds. The van der Waals surface area contributed by atoms with Gasteiger partial charge in [0.05, 0.1) is 0 Å². The molecule has 0 spiro atoms. The molecule has 0 heterocycles. The largest absolute Gasteiger partial charge is 0.480 e. The standard InChI is InChI=1S/C28H30N2O5/c1-2-3-15-24(25(31)30-28(26(32)33)16-9-4-10-17-28)29-27(34)35-18-23-21-13-7-5-11-19(21)20-12-6-8-14-22(20)23/h5-8,11-14,23-24H,4,9-10,15-18H2,1H3,(H,29,34)(H,30,31)(H,32,33). The second kappa shape index (κ2) is 10.6. The molecule has 2 aromatic rings. The summed E-state index contributed by atoms with van der Waals surface area (Å²) in [6.07, 6.45) is 2.45. The maximum atomic E-state index is 13.0. The van der Waals surface area contributed by atoms with E-state index in [0.717, 1.165) is 41.5 Å². The van der Waals surface area contributed by atoms with Crippen LogP contribution in [0.4, 0.5) is 4.79 Å². The fourth-order valence-corrected chi connectivity index (χ4v) is 5.07. The van der Waals surface area contributed by atoms with Gasteiger partial charge in [0.1, 0.15) is 18.2 Å². The summed E-state index contributed by atoms with van der Waals surface area (Å²) in [5.74, 6) is 3.81. The smallest absolute Gasteiger partial charge is 0.407 e. The molecule has 2 aliphatic carbocycles. The predicted octanol–water partition coefficient (Wildman–Crippen LogP) is 4.21. The van der Waals surface area contributed by atoms with E-state index in [1.165, 1.54) is 0 Å². The molecule has 1 unspecified atom stereocenters. The van der Waals surface area contributed by atoms with Gasteiger partial charge in [0, 0.05) is 12.3 Å². The van der Waals surface area contributed by atoms with Crippen molar-refractivity contribution in [1.82, 2.24) is 10.6 Å². The molecule has 2 aromatic carbocycles. The number of hydrogen-bond acceptors (Lipinski definition) is 4. The number of rotatable bonds is 7. The molecule has 2 aliphatic rings. The molecule has 3 N–H and O–H groups in total. The molecule has 0 bridgehead atoms. The summed E-state index contributed by atoms with van der Waals surface area (Å²) in [5.41, 5.74) is 3.12. The number of ether oxygens (including phenoxy) is 1. The van der Waals surface area contributed by atoms with Crippen LogP contribution < -0.4 is 10.6 Å². The molecule has 4 rings (SSSR count). The maximum Gasteiger partial charge on any atom is 0.407 e. The van der Waals surface area contributed by atoms with E-state index < -0.39 is 29.6 Å². The van der Waals surface area contributed by atoms with Crippen molar-refractivity contribution >= 4 is 18.0 Å². The van der Waals surface area contributed by atoms with Crippen LogP contribution in [0.1, 0.15) is 62.5 Å². The third-order valence-corrected chi connectivity index (χ3v) is 6.91. The van der Waals surface area contributed by atoms with Crippen molar-refractivity contribution in [1.29, 1.82) is 0 Å². The van der Waals surface area contributed by atoms with Gasteiger partial charge in [-0.15, -0.1) is 11.8 Å². The highest BCUT2D eigenvalue weighted by Crippen LogP contribution is 2.44. The van der Waals surface area contributed by atoms with Crippen LogP contribution in [0.2, 0.25) is 0 Å². The Balaban J connectivity index is 1.43. The molecule has 0 radical (unpaired) electrons. The predicted molar refractivity (Wildman–Crippen MR) is 132 cm³/mol. The van der Waals surface area contributed by atoms with E-state index in [-0.39, 0.29) is 18.9 Å². The lowest BCUT2D eigenvalue weighted by atomic mass is 9.81. The third kappa shape index (κ3) is 5.17. The number of amides is 2. The average molecular weight is 475 g/mol. The Morgan fingerprint density at radius 3 is 2.20 bits per heavy atom. The number of carbonyl (C=O) groups excluding carboxylic acids is 2. The first-order valence-corrected chi connectivity index (χ1v) is 12.0. The quantitative estimate of drug-likeness (QED) is 0.522. The zero-order valence-electron chi connectivity index (χ0n) is 19.8. The highest BCUT2D eigenvalue weighted by molar-refractivity contribution is 5.91. The molecule has 7 nitrogen and oxygen atoms in total. The van der Waals surface area contributed by atoms with Gasteiger partial charge in [-0.2, -0.15) is 0 Å². The van der Waals surface area contributed by atoms with E-state index in [1.54, 1.807) is 6.92 Å². The monoisotopic (exact) mass is 474 g/mol. The summed E-state index contributed by atoms with van der Waals surface area (Å²) >= 11 is 0. The first-order chi connectivity index (χ1) is 16.9. The van der Waals surface area contributed by atoms with Gasteiger partial charge in [-0.25, -0.2) is 9.59 Å². The number of alkyl carbamates (subject to hydrolysis) is 1. The molecule has 0 aromatic heterocycles. The Bertz CT molecular complexity index is 1130. The van der Waals surface area contributed by atoms with Crippen LogP contribution in [0.3, 0.4) is 0 Å². The highest BCUT2D eigenvalue weighted by atomic mass is 16.5. The Labute approximate surface area is 205 Å². The first kappa shape index (κ1) is 24.3. The Morgan fingerprint density at radius 2 is 1.63 bits per heavy atom. The maximum absolute atomic E-state index is 13.0. The van der Waals surface area contributed by atoms with E-state index in [9.17, 15) is 19.5 Å². The number of fused-ring (bicyclic) bond motifs is 3. The van der Waals surface area contributed by atoms with Crippen LogP contribution in [0.25, 0.3) is 11.1 Å². The van der Waals surface area contributed by atoms with E-state index in [0.29, 0.717) is 12.8 Å². The summed E-state index contributed by atoms with van der Waals surface area (Å²) in [7, 11) is 0. The SMILES string of the molecule is CC#CCC(NC(=O)OCC1c2ccccc2-c2ccccc21)C(=O)NC1(C(=O)O)CCCCC1. The molecular formula is C28H30N2O5. The van der Waals surface area contributed by atoms with Gasteiger partial charge in [-0.3, -0.25) is 4.79 Å². The minimum Gasteiger partial charge on any atom is -0.480 e. The third-order valence-electron chi connectivity index (χ3n) is 6.91. The van der Waals surface area contributed by atoms with Crippen molar-refractivity contribution in [2.75, 3.05) is 6.61 Å². The Hall–Kier alpha value is -3.79. The summed E-state index contributed by atoms with van der Waals surface area (Å²) in [5, 5.41) is 15.1. The number of aliphatic carboxylic acids is 1. The summed E-state index contributed by atoms with van der Waals surface area (Å²) in [6, 6.07) is 15.1. The van der Waals surface area contributed by atoms with Crippen LogP contribution in [0.5, 0.6) is 0 Å². The molecule has 1 fully saturated rings. The lowest BCUT2D eigenvalue weighted by molar-refractivity contribution is -0.149. The summed E-state index contributed by atoms with van der Waals surface area (Å²) in [6.45, 7) is 1.76. The molecule has 0 saturated heterocycles. The van der Waals surface area contributed by atoms with Crippen molar-refractivity contribution in [3.8, 4) is 23.0 Å². The zero-order chi connectivity index (χ0) is 24.8. The minimum atomic E-state index is -1.31. The number of carbonyl (C=O) groups is 3. The first-order valence-electron chi connectivity index (χ1n) is 12.0. The Kier molecular flexibility index (Phi) is 7.40. The topological polar surface area (TPSA) is 105 Å². The van der Waals surface area contributed by atoms with Crippen molar-refractivity contribution in [2.45, 2.75) is 62.9 Å². The number of carboxylic acids is 1. The van der Waals surface area contributed by atoms with E-state index in [1.807, 2.05) is 36.4 Å². The Morgan fingerprint density at radius 1 is 1.03 bits per heavy atom. The molecule has 35 heavy (non-hydrogen) atoms. The number of benzene rings is 2. The average Bonchev–Trinajstić information content (AvgIpc) is 3.19. The van der Waals surface area contributed by atoms with Crippen molar-refractivity contribution in [3.05, 3.63) is 59.7 Å². The number of hydrogen-bond donors (Lipinski definition) is 3. The van der Waals surface area contributed by atoms with Crippen LogP contribution in [0, 0.1) is 11.8 Å². The second-order valence-electron chi connectivity index (χ2n) is 9.09. The number of nitrogens with one attached hydrogen (secondary N) is 2. The minimum absolute atomic E-state index is 0.0578. The fourth-order valence-electron chi connectivity index (χ4n) is 5.07. The van der Waals surface area contributed by atoms with Crippen molar-refractivity contribution < 1.29 is 24.2 Å². The van der Waals surface area contributed by atoms with Gasteiger partial charge >= 0.3 is 12.1 Å². The van der Waals surface area contributed by atoms with E-state index in [2.05, 4.69) is 34.6 Å². The second-order valence-corrected chi connectivity index (χ2v) is 9.09. The van der Waals surface area contributed by atoms with Crippen LogP contribution in [0.15, 0.2) is 48.5 Å². The van der Waals surface area contributed by atoms with Crippen molar-refractivity contribution in [2.24, 2.45) is 0 Å². The molecular weight excluding hydrogens is 444 g/mol. The molecule has 1 atom stereocenters. The summed E-state index contributed by atoms with van der Waals surface area (Å²) < 4.78 is 5.57. The van der Waals surface area contributed by atoms with E-state index >= 15 is 0 Å². The highest BCUT2D eigenvalue weighted by Gasteiger charge is 2.42. The van der Waals surface area contributed by atoms with Crippen LogP contribution in [-0.2, 0) is 14.3 Å². The van der Waals surface area contributed by atoms with Gasteiger partial charge in [-0.1, -0.05) is 67.8 Å². The van der Waals surface area contributed by atoms with Gasteiger partial charge in [0.15, 0.2) is 0 Å². The molecule has 182 valence electrons. The fraction of sp³-hybridized carbons (Fsp3) is 0.393. The number of carboxylic acid groups (broad SMARTS) is 1. The van der Waals surface area contributed by atoms with Gasteiger partial charge < -0.3 is 20.5 Å². The van der Waals surface area contributed by atoms with E-state index in [4.69, 9.17) is 4.74 Å².